The predicted molar refractivity (Wildman–Crippen MR) is 106 cm³/mol. The van der Waals surface area contributed by atoms with E-state index in [0.717, 1.165) is 36.1 Å². The standard InChI is InChI=1S/C21H22N4O2/c1-13-6-7-14(2)19(26)18(13)16-8-9-17-20(23-16)24-21(27-17)22-11-15-5-4-10-25(3)12-15/h6-11H,4-5,12H2,1-3H3,(H-,22,23,24,26)/p+1/b15-11-. The molecule has 2 aromatic heterocycles. The smallest absolute Gasteiger partial charge is 0.301 e. The number of nitrogens with zero attached hydrogens (tertiary/aromatic N) is 3. The van der Waals surface area contributed by atoms with Crippen molar-refractivity contribution in [1.29, 1.82) is 0 Å². The summed E-state index contributed by atoms with van der Waals surface area (Å²) >= 11 is 0. The second kappa shape index (κ2) is 6.87. The van der Waals surface area contributed by atoms with E-state index in [2.05, 4.69) is 33.1 Å². The summed E-state index contributed by atoms with van der Waals surface area (Å²) in [6.07, 6.45) is 6.24. The van der Waals surface area contributed by atoms with Gasteiger partial charge in [0.1, 0.15) is 19.0 Å². The Balaban J connectivity index is 1.64. The molecule has 0 radical (unpaired) electrons. The fourth-order valence-electron chi connectivity index (χ4n) is 3.35. The van der Waals surface area contributed by atoms with E-state index in [1.54, 1.807) is 0 Å². The van der Waals surface area contributed by atoms with E-state index in [-0.39, 0.29) is 5.75 Å². The van der Waals surface area contributed by atoms with Crippen LogP contribution in [0.25, 0.3) is 22.5 Å². The van der Waals surface area contributed by atoms with Gasteiger partial charge in [0.15, 0.2) is 12.1 Å². The number of rotatable bonds is 3. The maximum absolute atomic E-state index is 10.4. The van der Waals surface area contributed by atoms with E-state index in [1.165, 1.54) is 5.57 Å². The number of aromatic nitrogens is 2. The van der Waals surface area contributed by atoms with Crippen LogP contribution in [0.15, 0.2) is 40.5 Å². The minimum absolute atomic E-state index is 0.256. The van der Waals surface area contributed by atoms with Crippen LogP contribution in [0.2, 0.25) is 0 Å². The Labute approximate surface area is 157 Å². The highest BCUT2D eigenvalue weighted by Gasteiger charge is 2.15. The number of likely N-dealkylation sites (N-methyl/N-ethyl adjacent to an activating group) is 1. The molecule has 0 aliphatic carbocycles. The fraction of sp³-hybridized carbons (Fsp3) is 0.286. The number of oxazole rings is 1. The number of fused-ring (bicyclic) bond motifs is 1. The molecule has 1 aliphatic heterocycles. The lowest BCUT2D eigenvalue weighted by Gasteiger charge is -2.09. The molecule has 1 aliphatic rings. The molecule has 0 atom stereocenters. The van der Waals surface area contributed by atoms with Crippen molar-refractivity contribution in [2.45, 2.75) is 26.7 Å². The van der Waals surface area contributed by atoms with E-state index >= 15 is 0 Å². The molecule has 0 amide bonds. The number of aromatic hydroxyl groups is 1. The minimum Gasteiger partial charge on any atom is -0.507 e. The van der Waals surface area contributed by atoms with Crippen LogP contribution in [0, 0.1) is 13.8 Å². The van der Waals surface area contributed by atoms with Crippen molar-refractivity contribution in [2.24, 2.45) is 0 Å². The van der Waals surface area contributed by atoms with Gasteiger partial charge < -0.3 is 14.8 Å². The highest BCUT2D eigenvalue weighted by atomic mass is 16.4. The quantitative estimate of drug-likeness (QED) is 0.688. The lowest BCUT2D eigenvalue weighted by Crippen LogP contribution is -2.17. The van der Waals surface area contributed by atoms with Gasteiger partial charge in [0.05, 0.1) is 5.69 Å². The van der Waals surface area contributed by atoms with E-state index in [0.29, 0.717) is 22.9 Å². The predicted octanol–water partition coefficient (Wildman–Crippen LogP) is 4.01. The van der Waals surface area contributed by atoms with E-state index in [4.69, 9.17) is 4.42 Å². The van der Waals surface area contributed by atoms with Gasteiger partial charge in [-0.05, 0) is 43.5 Å². The van der Waals surface area contributed by atoms with Crippen LogP contribution in [0.3, 0.4) is 0 Å². The summed E-state index contributed by atoms with van der Waals surface area (Å²) in [4.78, 5) is 9.04. The van der Waals surface area contributed by atoms with E-state index in [1.807, 2.05) is 44.3 Å². The normalized spacial score (nSPS) is 16.0. The summed E-state index contributed by atoms with van der Waals surface area (Å²) in [6.45, 7) is 4.74. The molecule has 3 aromatic rings. The zero-order valence-corrected chi connectivity index (χ0v) is 15.8. The molecule has 0 saturated heterocycles. The molecule has 3 heterocycles. The number of nitrogens with one attached hydrogen (secondary N) is 1. The Morgan fingerprint density at radius 2 is 1.96 bits per heavy atom. The van der Waals surface area contributed by atoms with Crippen LogP contribution in [0.1, 0.15) is 24.0 Å². The first-order valence-corrected chi connectivity index (χ1v) is 9.06. The number of benzene rings is 1. The Morgan fingerprint density at radius 1 is 1.15 bits per heavy atom. The summed E-state index contributed by atoms with van der Waals surface area (Å²) in [6, 6.07) is 8.00. The summed E-state index contributed by atoms with van der Waals surface area (Å²) in [5, 5.41) is 13.6. The van der Waals surface area contributed by atoms with Gasteiger partial charge in [-0.25, -0.2) is 9.56 Å². The topological polar surface area (TPSA) is 74.2 Å². The molecular weight excluding hydrogens is 340 g/mol. The summed E-state index contributed by atoms with van der Waals surface area (Å²) in [5.74, 6) is 0.256. The first-order chi connectivity index (χ1) is 13.0. The number of hydrogen-bond donors (Lipinski definition) is 2. The van der Waals surface area contributed by atoms with Crippen LogP contribution >= 0.6 is 0 Å². The Hall–Kier alpha value is -3.15. The van der Waals surface area contributed by atoms with Gasteiger partial charge in [-0.3, -0.25) is 0 Å². The molecule has 6 nitrogen and oxygen atoms in total. The summed E-state index contributed by atoms with van der Waals surface area (Å²) < 4.78 is 7.92. The number of hydrogen-bond acceptors (Lipinski definition) is 5. The highest BCUT2D eigenvalue weighted by molar-refractivity contribution is 5.79. The molecule has 0 saturated carbocycles. The number of anilines is 1. The molecule has 1 aromatic carbocycles. The van der Waals surface area contributed by atoms with Gasteiger partial charge in [-0.1, -0.05) is 12.1 Å². The monoisotopic (exact) mass is 363 g/mol. The molecule has 0 unspecified atom stereocenters. The first kappa shape index (κ1) is 17.3. The zero-order valence-electron chi connectivity index (χ0n) is 15.8. The molecule has 138 valence electrons. The average Bonchev–Trinajstić information content (AvgIpc) is 3.06. The molecule has 4 rings (SSSR count). The van der Waals surface area contributed by atoms with Crippen LogP contribution < -0.4 is 5.32 Å². The SMILES string of the molecule is Cc1ccc(C)c(-c2ccc3oc(N/C=C4/CCC=[N+](C)C4)nc3n2)c1O. The Bertz CT molecular complexity index is 1080. The third-order valence-corrected chi connectivity index (χ3v) is 4.86. The summed E-state index contributed by atoms with van der Waals surface area (Å²) in [5.41, 5.74) is 5.63. The van der Waals surface area contributed by atoms with Crippen molar-refractivity contribution < 1.29 is 14.1 Å². The van der Waals surface area contributed by atoms with Crippen molar-refractivity contribution >= 4 is 23.5 Å². The third kappa shape index (κ3) is 3.43. The van der Waals surface area contributed by atoms with Gasteiger partial charge in [0.25, 0.3) is 0 Å². The van der Waals surface area contributed by atoms with Gasteiger partial charge in [0.2, 0.25) is 5.65 Å². The first-order valence-electron chi connectivity index (χ1n) is 9.06. The van der Waals surface area contributed by atoms with Crippen molar-refractivity contribution in [2.75, 3.05) is 18.9 Å². The molecular formula is C21H23N4O2+. The number of pyridine rings is 1. The van der Waals surface area contributed by atoms with Crippen LogP contribution in [-0.2, 0) is 0 Å². The van der Waals surface area contributed by atoms with Gasteiger partial charge in [-0.15, -0.1) is 0 Å². The van der Waals surface area contributed by atoms with Gasteiger partial charge in [-0.2, -0.15) is 4.98 Å². The number of phenolic OH excluding ortho intramolecular Hbond substituents is 1. The van der Waals surface area contributed by atoms with Crippen LogP contribution in [0.4, 0.5) is 6.01 Å². The van der Waals surface area contributed by atoms with Gasteiger partial charge in [0, 0.05) is 23.8 Å². The lowest BCUT2D eigenvalue weighted by molar-refractivity contribution is -0.487. The van der Waals surface area contributed by atoms with Crippen molar-refractivity contribution in [1.82, 2.24) is 9.97 Å². The van der Waals surface area contributed by atoms with Crippen molar-refractivity contribution in [3.63, 3.8) is 0 Å². The fourth-order valence-corrected chi connectivity index (χ4v) is 3.35. The second-order valence-electron chi connectivity index (χ2n) is 7.04. The van der Waals surface area contributed by atoms with Gasteiger partial charge >= 0.3 is 6.01 Å². The Kier molecular flexibility index (Phi) is 4.39. The highest BCUT2D eigenvalue weighted by Crippen LogP contribution is 2.34. The average molecular weight is 363 g/mol. The van der Waals surface area contributed by atoms with Crippen LogP contribution in [0.5, 0.6) is 5.75 Å². The maximum atomic E-state index is 10.4. The van der Waals surface area contributed by atoms with E-state index < -0.39 is 0 Å². The molecule has 6 heteroatoms. The molecule has 0 spiro atoms. The van der Waals surface area contributed by atoms with Crippen molar-refractivity contribution in [3.05, 3.63) is 47.2 Å². The minimum atomic E-state index is 0.256. The van der Waals surface area contributed by atoms with Crippen molar-refractivity contribution in [3.8, 4) is 17.0 Å². The number of aryl methyl sites for hydroxylation is 2. The Morgan fingerprint density at radius 3 is 2.78 bits per heavy atom. The largest absolute Gasteiger partial charge is 0.507 e. The third-order valence-electron chi connectivity index (χ3n) is 4.86. The number of phenols is 1. The van der Waals surface area contributed by atoms with E-state index in [9.17, 15) is 5.11 Å². The maximum Gasteiger partial charge on any atom is 0.301 e. The zero-order chi connectivity index (χ0) is 19.0. The van der Waals surface area contributed by atoms with Crippen LogP contribution in [-0.4, -0.2) is 39.5 Å². The molecule has 27 heavy (non-hydrogen) atoms. The second-order valence-corrected chi connectivity index (χ2v) is 7.04. The molecule has 0 bridgehead atoms. The lowest BCUT2D eigenvalue weighted by atomic mass is 10.0. The molecule has 0 fully saturated rings. The summed E-state index contributed by atoms with van der Waals surface area (Å²) in [7, 11) is 2.07. The molecule has 2 N–H and O–H groups in total.